The van der Waals surface area contributed by atoms with Crippen molar-refractivity contribution in [3.63, 3.8) is 0 Å². The molecular weight excluding hydrogens is 548 g/mol. The number of carbonyl (C=O) groups excluding carboxylic acids is 2. The number of amides is 2. The largest absolute Gasteiger partial charge is 0.343 e. The van der Waals surface area contributed by atoms with Gasteiger partial charge in [-0.05, 0) is 86.9 Å². The van der Waals surface area contributed by atoms with Crippen LogP contribution in [0.5, 0.6) is 0 Å². The van der Waals surface area contributed by atoms with Crippen LogP contribution in [0.25, 0.3) is 22.2 Å². The first kappa shape index (κ1) is 28.2. The van der Waals surface area contributed by atoms with Crippen molar-refractivity contribution < 1.29 is 9.59 Å². The van der Waals surface area contributed by atoms with E-state index in [0.717, 1.165) is 83.2 Å². The Bertz CT molecular complexity index is 1730. The maximum Gasteiger partial charge on any atom is 0.261 e. The number of pyridine rings is 2. The summed E-state index contributed by atoms with van der Waals surface area (Å²) in [6.07, 6.45) is 5.86. The molecule has 7 nitrogen and oxygen atoms in total. The zero-order valence-corrected chi connectivity index (χ0v) is 24.7. The number of hydrogen-bond donors (Lipinski definition) is 1. The second-order valence-electron chi connectivity index (χ2n) is 11.5. The highest BCUT2D eigenvalue weighted by Gasteiger charge is 2.25. The molecule has 1 N–H and O–H groups in total. The number of carbonyl (C=O) groups is 2. The molecule has 8 heteroatoms. The summed E-state index contributed by atoms with van der Waals surface area (Å²) in [6.45, 7) is 4.07. The van der Waals surface area contributed by atoms with Crippen LogP contribution >= 0.6 is 11.6 Å². The zero-order chi connectivity index (χ0) is 29.2. The van der Waals surface area contributed by atoms with Crippen LogP contribution in [0, 0.1) is 6.92 Å². The molecule has 0 bridgehead atoms. The van der Waals surface area contributed by atoms with Crippen LogP contribution in [0.15, 0.2) is 59.4 Å². The number of likely N-dealkylation sites (tertiary alicyclic amines) is 1. The number of hydrogen-bond acceptors (Lipinski definition) is 4. The summed E-state index contributed by atoms with van der Waals surface area (Å²) in [5.41, 5.74) is 6.33. The van der Waals surface area contributed by atoms with Crippen molar-refractivity contribution in [3.05, 3.63) is 97.9 Å². The first-order valence-corrected chi connectivity index (χ1v) is 15.2. The van der Waals surface area contributed by atoms with Gasteiger partial charge < -0.3 is 14.8 Å². The number of halogens is 1. The predicted octanol–water partition coefficient (Wildman–Crippen LogP) is 6.09. The molecular formula is C34H35ClN4O3. The third kappa shape index (κ3) is 5.97. The van der Waals surface area contributed by atoms with Gasteiger partial charge in [-0.2, -0.15) is 0 Å². The van der Waals surface area contributed by atoms with Gasteiger partial charge in [-0.1, -0.05) is 41.4 Å². The van der Waals surface area contributed by atoms with E-state index in [9.17, 15) is 14.4 Å². The van der Waals surface area contributed by atoms with E-state index in [2.05, 4.69) is 17.1 Å². The lowest BCUT2D eigenvalue weighted by Gasteiger charge is -2.26. The van der Waals surface area contributed by atoms with Gasteiger partial charge in [0, 0.05) is 54.3 Å². The smallest absolute Gasteiger partial charge is 0.261 e. The van der Waals surface area contributed by atoms with E-state index in [4.69, 9.17) is 16.6 Å². The fourth-order valence-corrected chi connectivity index (χ4v) is 6.37. The highest BCUT2D eigenvalue weighted by Crippen LogP contribution is 2.29. The van der Waals surface area contributed by atoms with E-state index in [-0.39, 0.29) is 29.5 Å². The second-order valence-corrected chi connectivity index (χ2v) is 11.9. The van der Waals surface area contributed by atoms with Crippen molar-refractivity contribution in [1.82, 2.24) is 19.8 Å². The third-order valence-electron chi connectivity index (χ3n) is 8.39. The van der Waals surface area contributed by atoms with Gasteiger partial charge in [-0.3, -0.25) is 14.4 Å². The molecule has 6 rings (SSSR count). The highest BCUT2D eigenvalue weighted by molar-refractivity contribution is 6.31. The second kappa shape index (κ2) is 12.1. The van der Waals surface area contributed by atoms with Crippen LogP contribution in [0.1, 0.15) is 64.8 Å². The number of aromatic amines is 1. The first-order valence-electron chi connectivity index (χ1n) is 14.8. The van der Waals surface area contributed by atoms with Crippen LogP contribution in [0.4, 0.5) is 0 Å². The quantitative estimate of drug-likeness (QED) is 0.272. The Labute approximate surface area is 250 Å². The Morgan fingerprint density at radius 3 is 2.69 bits per heavy atom. The summed E-state index contributed by atoms with van der Waals surface area (Å²) in [4.78, 5) is 51.2. The number of fused-ring (bicyclic) bond motifs is 2. The van der Waals surface area contributed by atoms with E-state index in [1.807, 2.05) is 48.2 Å². The molecule has 0 saturated carbocycles. The summed E-state index contributed by atoms with van der Waals surface area (Å²) >= 11 is 6.31. The highest BCUT2D eigenvalue weighted by atomic mass is 35.5. The summed E-state index contributed by atoms with van der Waals surface area (Å²) in [5.74, 6) is -0.137. The molecule has 3 heterocycles. The molecule has 2 amide bonds. The fraction of sp³-hybridized carbons (Fsp3) is 0.353. The molecule has 216 valence electrons. The topological polar surface area (TPSA) is 86.4 Å². The van der Waals surface area contributed by atoms with Gasteiger partial charge in [0.2, 0.25) is 5.91 Å². The zero-order valence-electron chi connectivity index (χ0n) is 23.9. The first-order chi connectivity index (χ1) is 20.4. The van der Waals surface area contributed by atoms with Crippen molar-refractivity contribution in [2.24, 2.45) is 0 Å². The molecule has 1 aliphatic heterocycles. The van der Waals surface area contributed by atoms with E-state index >= 15 is 0 Å². The maximum atomic E-state index is 14.1. The van der Waals surface area contributed by atoms with Crippen molar-refractivity contribution in [2.45, 2.75) is 58.4 Å². The average molecular weight is 583 g/mol. The Morgan fingerprint density at radius 2 is 1.88 bits per heavy atom. The minimum atomic E-state index is -0.342. The molecule has 1 saturated heterocycles. The molecule has 2 aromatic heterocycles. The molecule has 1 aliphatic carbocycles. The van der Waals surface area contributed by atoms with E-state index < -0.39 is 0 Å². The van der Waals surface area contributed by atoms with Crippen LogP contribution < -0.4 is 5.56 Å². The average Bonchev–Trinajstić information content (AvgIpc) is 3.39. The van der Waals surface area contributed by atoms with Crippen molar-refractivity contribution >= 4 is 34.3 Å². The summed E-state index contributed by atoms with van der Waals surface area (Å²) in [7, 11) is 0. The summed E-state index contributed by atoms with van der Waals surface area (Å²) in [5, 5.41) is 1.53. The van der Waals surface area contributed by atoms with Crippen LogP contribution in [-0.2, 0) is 24.2 Å². The monoisotopic (exact) mass is 582 g/mol. The lowest BCUT2D eigenvalue weighted by atomic mass is 9.94. The van der Waals surface area contributed by atoms with Gasteiger partial charge in [0.05, 0.1) is 11.2 Å². The van der Waals surface area contributed by atoms with E-state index in [1.54, 1.807) is 11.0 Å². The molecule has 2 aromatic carbocycles. The van der Waals surface area contributed by atoms with Gasteiger partial charge in [0.15, 0.2) is 0 Å². The number of rotatable bonds is 8. The number of nitrogens with zero attached hydrogens (tertiary/aromatic N) is 3. The van der Waals surface area contributed by atoms with Gasteiger partial charge in [0.25, 0.3) is 11.5 Å². The van der Waals surface area contributed by atoms with Gasteiger partial charge >= 0.3 is 0 Å². The summed E-state index contributed by atoms with van der Waals surface area (Å²) < 4.78 is 0. The minimum Gasteiger partial charge on any atom is -0.343 e. The summed E-state index contributed by atoms with van der Waals surface area (Å²) in [6, 6.07) is 17.6. The Hall–Kier alpha value is -3.97. The molecule has 1 fully saturated rings. The maximum absolute atomic E-state index is 14.1. The van der Waals surface area contributed by atoms with Gasteiger partial charge in [-0.25, -0.2) is 4.98 Å². The number of nitrogens with one attached hydrogen (secondary N) is 1. The number of benzene rings is 2. The fourth-order valence-electron chi connectivity index (χ4n) is 6.20. The van der Waals surface area contributed by atoms with E-state index in [1.165, 1.54) is 0 Å². The van der Waals surface area contributed by atoms with Crippen molar-refractivity contribution in [2.75, 3.05) is 19.6 Å². The number of aryl methyl sites for hydroxylation is 3. The molecule has 4 aromatic rings. The van der Waals surface area contributed by atoms with Crippen LogP contribution in [-0.4, -0.2) is 51.2 Å². The SMILES string of the molecule is Cc1cccc(-c2nc3cc(Cl)ccc3cc2CN(CCCN2CCCC2=O)C(=O)c2cc3c([nH]c2=O)CCCC3)c1. The molecule has 42 heavy (non-hydrogen) atoms. The van der Waals surface area contributed by atoms with E-state index in [0.29, 0.717) is 31.0 Å². The van der Waals surface area contributed by atoms with Crippen LogP contribution in [0.3, 0.4) is 0 Å². The predicted molar refractivity (Wildman–Crippen MR) is 166 cm³/mol. The Kier molecular flexibility index (Phi) is 8.11. The van der Waals surface area contributed by atoms with Crippen molar-refractivity contribution in [3.8, 4) is 11.3 Å². The van der Waals surface area contributed by atoms with Gasteiger partial charge in [-0.15, -0.1) is 0 Å². The number of aromatic nitrogens is 2. The third-order valence-corrected chi connectivity index (χ3v) is 8.63. The Morgan fingerprint density at radius 1 is 1.02 bits per heavy atom. The molecule has 0 radical (unpaired) electrons. The standard InChI is InChI=1S/C34H35ClN4O3/c1-22-7-4-9-25(17-22)32-26(18-24-12-13-27(35)20-30(24)36-32)21-39(16-6-15-38-14-5-11-31(38)40)34(42)28-19-23-8-2-3-10-29(23)37-33(28)41/h4,7,9,12-13,17-20H,2-3,5-6,8,10-11,14-16,21H2,1H3,(H,37,41). The minimum absolute atomic E-state index is 0.165. The molecule has 0 unspecified atom stereocenters. The van der Waals surface area contributed by atoms with Crippen molar-refractivity contribution in [1.29, 1.82) is 0 Å². The molecule has 0 atom stereocenters. The molecule has 0 spiro atoms. The lowest BCUT2D eigenvalue weighted by molar-refractivity contribution is -0.127. The van der Waals surface area contributed by atoms with Gasteiger partial charge in [0.1, 0.15) is 5.56 Å². The normalized spacial score (nSPS) is 14.8. The number of H-pyrrole nitrogens is 1. The van der Waals surface area contributed by atoms with Crippen LogP contribution in [0.2, 0.25) is 5.02 Å². The lowest BCUT2D eigenvalue weighted by Crippen LogP contribution is -2.37. The Balaban J connectivity index is 1.39. The molecule has 2 aliphatic rings.